The number of rotatable bonds is 8. The van der Waals surface area contributed by atoms with Gasteiger partial charge in [-0.3, -0.25) is 9.69 Å². The summed E-state index contributed by atoms with van der Waals surface area (Å²) in [4.78, 5) is 28.0. The first-order valence-electron chi connectivity index (χ1n) is 11.3. The van der Waals surface area contributed by atoms with Crippen LogP contribution in [0.15, 0.2) is 47.3 Å². The molecule has 0 unspecified atom stereocenters. The molecule has 1 N–H and O–H groups in total. The van der Waals surface area contributed by atoms with Crippen molar-refractivity contribution in [1.82, 2.24) is 9.47 Å². The third-order valence-corrected chi connectivity index (χ3v) is 5.87. The molecule has 1 aliphatic rings. The molecule has 1 saturated heterocycles. The second kappa shape index (κ2) is 10.8. The molecule has 0 radical (unpaired) electrons. The molecule has 8 nitrogen and oxygen atoms in total. The van der Waals surface area contributed by atoms with Crippen LogP contribution in [0.2, 0.25) is 0 Å². The van der Waals surface area contributed by atoms with E-state index in [9.17, 15) is 23.5 Å². The Bertz CT molecular complexity index is 1250. The van der Waals surface area contributed by atoms with Crippen LogP contribution in [0.4, 0.5) is 8.78 Å². The van der Waals surface area contributed by atoms with Crippen molar-refractivity contribution in [3.63, 3.8) is 0 Å². The maximum absolute atomic E-state index is 13.3. The maximum atomic E-state index is 13.3. The van der Waals surface area contributed by atoms with E-state index < -0.39 is 29.5 Å². The third-order valence-electron chi connectivity index (χ3n) is 5.87. The van der Waals surface area contributed by atoms with E-state index >= 15 is 0 Å². The molecule has 0 amide bonds. The summed E-state index contributed by atoms with van der Waals surface area (Å²) in [5, 5.41) is 11.2. The van der Waals surface area contributed by atoms with Gasteiger partial charge in [-0.15, -0.1) is 0 Å². The van der Waals surface area contributed by atoms with Crippen LogP contribution < -0.4 is 10.3 Å². The molecule has 3 aromatic rings. The van der Waals surface area contributed by atoms with Crippen molar-refractivity contribution in [3.05, 3.63) is 58.4 Å². The van der Waals surface area contributed by atoms with E-state index in [1.807, 2.05) is 0 Å². The van der Waals surface area contributed by atoms with Crippen LogP contribution in [0.5, 0.6) is 11.5 Å². The standard InChI is InChI=1S/C25H26F2N2O6/c1-2-34-24(32)21-22(30)19-15-17(16-3-6-18(7-4-16)35-25(26)27)5-8-20(19)29(23(21)31)10-9-28-11-13-33-14-12-28/h3-8,15,25,30H,2,9-14H2,1H3. The fourth-order valence-corrected chi connectivity index (χ4v) is 4.13. The highest BCUT2D eigenvalue weighted by Crippen LogP contribution is 2.32. The molecule has 2 heterocycles. The number of aromatic hydroxyl groups is 1. The quantitative estimate of drug-likeness (QED) is 0.486. The number of aromatic nitrogens is 1. The number of halogens is 2. The van der Waals surface area contributed by atoms with Gasteiger partial charge in [0.1, 0.15) is 11.5 Å². The molecule has 1 aromatic heterocycles. The van der Waals surface area contributed by atoms with E-state index in [0.717, 1.165) is 13.1 Å². The van der Waals surface area contributed by atoms with E-state index in [0.29, 0.717) is 48.3 Å². The lowest BCUT2D eigenvalue weighted by Gasteiger charge is -2.27. The molecule has 2 aromatic carbocycles. The smallest absolute Gasteiger partial charge is 0.387 e. The van der Waals surface area contributed by atoms with Crippen LogP contribution in [0.25, 0.3) is 22.0 Å². The average molecular weight is 488 g/mol. The number of fused-ring (bicyclic) bond motifs is 1. The molecule has 4 rings (SSSR count). The zero-order valence-corrected chi connectivity index (χ0v) is 19.2. The Morgan fingerprint density at radius 3 is 2.43 bits per heavy atom. The van der Waals surface area contributed by atoms with Crippen LogP contribution >= 0.6 is 0 Å². The van der Waals surface area contributed by atoms with Crippen molar-refractivity contribution >= 4 is 16.9 Å². The lowest BCUT2D eigenvalue weighted by atomic mass is 10.0. The van der Waals surface area contributed by atoms with Gasteiger partial charge < -0.3 is 23.9 Å². The number of benzene rings is 2. The van der Waals surface area contributed by atoms with Crippen molar-refractivity contribution in [2.24, 2.45) is 0 Å². The van der Waals surface area contributed by atoms with Crippen molar-refractivity contribution < 1.29 is 32.9 Å². The molecule has 0 atom stereocenters. The zero-order valence-electron chi connectivity index (χ0n) is 19.2. The topological polar surface area (TPSA) is 90.2 Å². The second-order valence-corrected chi connectivity index (χ2v) is 7.99. The number of morpholine rings is 1. The number of ether oxygens (including phenoxy) is 3. The van der Waals surface area contributed by atoms with Crippen molar-refractivity contribution in [2.45, 2.75) is 20.1 Å². The highest BCUT2D eigenvalue weighted by molar-refractivity contribution is 6.00. The van der Waals surface area contributed by atoms with Gasteiger partial charge in [-0.1, -0.05) is 18.2 Å². The normalized spacial score (nSPS) is 14.4. The van der Waals surface area contributed by atoms with Gasteiger partial charge in [0, 0.05) is 31.6 Å². The Hall–Kier alpha value is -3.50. The first-order chi connectivity index (χ1) is 16.9. The summed E-state index contributed by atoms with van der Waals surface area (Å²) in [5.41, 5.74) is 0.763. The monoisotopic (exact) mass is 488 g/mol. The highest BCUT2D eigenvalue weighted by Gasteiger charge is 2.24. The summed E-state index contributed by atoms with van der Waals surface area (Å²) < 4.78 is 41.2. The molecule has 186 valence electrons. The Balaban J connectivity index is 1.77. The number of hydrogen-bond donors (Lipinski definition) is 1. The van der Waals surface area contributed by atoms with Gasteiger partial charge in [-0.2, -0.15) is 8.78 Å². The number of pyridine rings is 1. The Morgan fingerprint density at radius 1 is 1.09 bits per heavy atom. The van der Waals surface area contributed by atoms with E-state index in [1.165, 1.54) is 16.7 Å². The first kappa shape index (κ1) is 24.6. The van der Waals surface area contributed by atoms with Gasteiger partial charge >= 0.3 is 12.6 Å². The summed E-state index contributed by atoms with van der Waals surface area (Å²) in [6.45, 7) is 2.33. The number of nitrogens with zero attached hydrogens (tertiary/aromatic N) is 2. The van der Waals surface area contributed by atoms with Crippen LogP contribution in [-0.4, -0.2) is 66.6 Å². The SMILES string of the molecule is CCOC(=O)c1c(O)c2cc(-c3ccc(OC(F)F)cc3)ccc2n(CCN2CCOCC2)c1=O. The first-order valence-corrected chi connectivity index (χ1v) is 11.3. The fraction of sp³-hybridized carbons (Fsp3) is 0.360. The molecule has 10 heteroatoms. The zero-order chi connectivity index (χ0) is 24.9. The van der Waals surface area contributed by atoms with E-state index in [1.54, 1.807) is 37.3 Å². The maximum Gasteiger partial charge on any atom is 0.387 e. The lowest BCUT2D eigenvalue weighted by Crippen LogP contribution is -2.40. The summed E-state index contributed by atoms with van der Waals surface area (Å²) >= 11 is 0. The minimum atomic E-state index is -2.92. The molecular formula is C25H26F2N2O6. The minimum Gasteiger partial charge on any atom is -0.506 e. The highest BCUT2D eigenvalue weighted by atomic mass is 19.3. The predicted molar refractivity (Wildman–Crippen MR) is 125 cm³/mol. The molecular weight excluding hydrogens is 462 g/mol. The van der Waals surface area contributed by atoms with Gasteiger partial charge in [0.05, 0.1) is 25.3 Å². The van der Waals surface area contributed by atoms with Gasteiger partial charge in [0.2, 0.25) is 0 Å². The van der Waals surface area contributed by atoms with Gasteiger partial charge in [0.15, 0.2) is 5.56 Å². The summed E-state index contributed by atoms with van der Waals surface area (Å²) in [7, 11) is 0. The number of carbonyl (C=O) groups is 1. The summed E-state index contributed by atoms with van der Waals surface area (Å²) in [5.74, 6) is -1.32. The number of alkyl halides is 2. The fourth-order valence-electron chi connectivity index (χ4n) is 4.13. The Morgan fingerprint density at radius 2 is 1.77 bits per heavy atom. The molecule has 1 aliphatic heterocycles. The van der Waals surface area contributed by atoms with Crippen molar-refractivity contribution in [2.75, 3.05) is 39.5 Å². The van der Waals surface area contributed by atoms with E-state index in [2.05, 4.69) is 9.64 Å². The molecule has 0 saturated carbocycles. The molecule has 1 fully saturated rings. The number of carbonyl (C=O) groups excluding carboxylic acids is 1. The summed E-state index contributed by atoms with van der Waals surface area (Å²) in [6, 6.07) is 11.2. The van der Waals surface area contributed by atoms with Gasteiger partial charge in [-0.25, -0.2) is 4.79 Å². The van der Waals surface area contributed by atoms with Crippen molar-refractivity contribution in [3.8, 4) is 22.6 Å². The van der Waals surface area contributed by atoms with Crippen LogP contribution in [-0.2, 0) is 16.0 Å². The minimum absolute atomic E-state index is 0.0222. The molecule has 0 bridgehead atoms. The van der Waals surface area contributed by atoms with Gasteiger partial charge in [-0.05, 0) is 42.3 Å². The number of hydrogen-bond acceptors (Lipinski definition) is 7. The van der Waals surface area contributed by atoms with Crippen LogP contribution in [0.3, 0.4) is 0 Å². The predicted octanol–water partition coefficient (Wildman–Crippen LogP) is 3.48. The number of esters is 1. The van der Waals surface area contributed by atoms with E-state index in [4.69, 9.17) is 9.47 Å². The Kier molecular flexibility index (Phi) is 7.62. The van der Waals surface area contributed by atoms with Gasteiger partial charge in [0.25, 0.3) is 5.56 Å². The van der Waals surface area contributed by atoms with Crippen LogP contribution in [0.1, 0.15) is 17.3 Å². The Labute approximate surface area is 200 Å². The summed E-state index contributed by atoms with van der Waals surface area (Å²) in [6.07, 6.45) is 0. The molecule has 0 spiro atoms. The largest absolute Gasteiger partial charge is 0.506 e. The van der Waals surface area contributed by atoms with Crippen LogP contribution in [0, 0.1) is 0 Å². The third kappa shape index (κ3) is 5.44. The van der Waals surface area contributed by atoms with E-state index in [-0.39, 0.29) is 12.4 Å². The lowest BCUT2D eigenvalue weighted by molar-refractivity contribution is -0.0498. The van der Waals surface area contributed by atoms with Crippen molar-refractivity contribution in [1.29, 1.82) is 0 Å². The average Bonchev–Trinajstić information content (AvgIpc) is 2.85. The molecule has 35 heavy (non-hydrogen) atoms. The second-order valence-electron chi connectivity index (χ2n) is 7.99. The molecule has 0 aliphatic carbocycles.